The summed E-state index contributed by atoms with van der Waals surface area (Å²) < 4.78 is 26.5. The molecule has 1 aromatic carbocycles. The van der Waals surface area contributed by atoms with E-state index in [4.69, 9.17) is 21.1 Å². The lowest BCUT2D eigenvalue weighted by atomic mass is 9.94. The van der Waals surface area contributed by atoms with Crippen molar-refractivity contribution in [2.24, 2.45) is 0 Å². The number of rotatable bonds is 7. The summed E-state index contributed by atoms with van der Waals surface area (Å²) >= 11 is 5.08. The van der Waals surface area contributed by atoms with E-state index in [1.165, 1.54) is 12.5 Å². The quantitative estimate of drug-likeness (QED) is 0.611. The Balaban J connectivity index is 1.92. The first-order valence-electron chi connectivity index (χ1n) is 9.71. The van der Waals surface area contributed by atoms with E-state index in [2.05, 4.69) is 10.0 Å². The zero-order chi connectivity index (χ0) is 21.2. The third kappa shape index (κ3) is 5.31. The lowest BCUT2D eigenvalue weighted by Crippen LogP contribution is -2.43. The summed E-state index contributed by atoms with van der Waals surface area (Å²) in [4.78, 5) is 14.0. The summed E-state index contributed by atoms with van der Waals surface area (Å²) in [7, 11) is 0. The van der Waals surface area contributed by atoms with Crippen molar-refractivity contribution in [2.75, 3.05) is 11.9 Å². The van der Waals surface area contributed by atoms with Gasteiger partial charge in [0, 0.05) is 47.1 Å². The predicted octanol–water partition coefficient (Wildman–Crippen LogP) is 4.42. The minimum Gasteiger partial charge on any atom is -0.598 e. The van der Waals surface area contributed by atoms with Gasteiger partial charge < -0.3 is 24.2 Å². The standard InChI is InChI=1S/C20H28ClN3O4S/c1-5-24-12-15-14(10-13(21)11-17(15)22-19(24)25)16(23-29(26)20(2,3)4)6-7-18-27-8-9-28-18/h8-11,16,18,23H,5-7,12H2,1-4H3,(H,22,25)/t16?,29-/m0/s1. The van der Waals surface area contributed by atoms with Crippen molar-refractivity contribution in [1.82, 2.24) is 9.62 Å². The third-order valence-electron chi connectivity index (χ3n) is 4.90. The van der Waals surface area contributed by atoms with E-state index in [9.17, 15) is 9.35 Å². The molecule has 0 aliphatic carbocycles. The van der Waals surface area contributed by atoms with Crippen LogP contribution in [0.15, 0.2) is 24.7 Å². The van der Waals surface area contributed by atoms with Crippen LogP contribution in [0.25, 0.3) is 0 Å². The predicted molar refractivity (Wildman–Crippen MR) is 115 cm³/mol. The fourth-order valence-corrected chi connectivity index (χ4v) is 4.35. The Morgan fingerprint density at radius 1 is 1.38 bits per heavy atom. The van der Waals surface area contributed by atoms with Crippen LogP contribution in [0.4, 0.5) is 10.5 Å². The van der Waals surface area contributed by atoms with Gasteiger partial charge in [-0.1, -0.05) is 11.6 Å². The number of halogens is 1. The maximum Gasteiger partial charge on any atom is 0.322 e. The average molecular weight is 442 g/mol. The molecule has 0 bridgehead atoms. The third-order valence-corrected chi connectivity index (χ3v) is 6.73. The topological polar surface area (TPSA) is 85.9 Å². The second-order valence-corrected chi connectivity index (χ2v) is 10.5. The number of anilines is 1. The summed E-state index contributed by atoms with van der Waals surface area (Å²) in [5.41, 5.74) is 2.60. The lowest BCUT2D eigenvalue weighted by Gasteiger charge is -2.33. The van der Waals surface area contributed by atoms with Crippen molar-refractivity contribution >= 4 is 34.7 Å². The van der Waals surface area contributed by atoms with Gasteiger partial charge in [-0.25, -0.2) is 4.79 Å². The number of carbonyl (C=O) groups excluding carboxylic acids is 1. The number of urea groups is 1. The van der Waals surface area contributed by atoms with E-state index < -0.39 is 16.1 Å². The Morgan fingerprint density at radius 2 is 2.07 bits per heavy atom. The molecular formula is C20H28ClN3O4S. The highest BCUT2D eigenvalue weighted by Gasteiger charge is 2.33. The number of hydrogen-bond donors (Lipinski definition) is 2. The Bertz CT molecular complexity index is 776. The van der Waals surface area contributed by atoms with Gasteiger partial charge >= 0.3 is 6.03 Å². The second-order valence-electron chi connectivity index (χ2n) is 8.07. The Hall–Kier alpha value is -1.61. The summed E-state index contributed by atoms with van der Waals surface area (Å²) in [6, 6.07) is 3.26. The maximum absolute atomic E-state index is 12.9. The number of nitrogens with zero attached hydrogens (tertiary/aromatic N) is 1. The van der Waals surface area contributed by atoms with Gasteiger partial charge in [0.25, 0.3) is 0 Å². The summed E-state index contributed by atoms with van der Waals surface area (Å²) in [6.07, 6.45) is 3.93. The number of nitrogens with one attached hydrogen (secondary N) is 2. The van der Waals surface area contributed by atoms with Crippen LogP contribution in [0.2, 0.25) is 5.02 Å². The molecule has 0 radical (unpaired) electrons. The van der Waals surface area contributed by atoms with Crippen molar-refractivity contribution in [1.29, 1.82) is 0 Å². The van der Waals surface area contributed by atoms with Crippen LogP contribution >= 0.6 is 11.6 Å². The zero-order valence-corrected chi connectivity index (χ0v) is 18.7. The molecule has 0 spiro atoms. The van der Waals surface area contributed by atoms with E-state index in [1.807, 2.05) is 33.8 Å². The molecular weight excluding hydrogens is 414 g/mol. The van der Waals surface area contributed by atoms with Crippen LogP contribution in [-0.4, -0.2) is 33.1 Å². The molecule has 0 aromatic heterocycles. The van der Waals surface area contributed by atoms with E-state index in [0.717, 1.165) is 11.1 Å². The van der Waals surface area contributed by atoms with Crippen molar-refractivity contribution in [3.63, 3.8) is 0 Å². The SMILES string of the molecule is CCN1Cc2c(cc(Cl)cc2C(CCC2OC=CO2)N[S@@+]([O-])C(C)(C)C)NC1=O. The largest absolute Gasteiger partial charge is 0.598 e. The number of hydrogen-bond acceptors (Lipinski definition) is 5. The van der Waals surface area contributed by atoms with Gasteiger partial charge in [-0.15, -0.1) is 4.72 Å². The zero-order valence-electron chi connectivity index (χ0n) is 17.2. The highest BCUT2D eigenvalue weighted by molar-refractivity contribution is 7.90. The number of carbonyl (C=O) groups is 1. The van der Waals surface area contributed by atoms with Gasteiger partial charge in [0.15, 0.2) is 0 Å². The van der Waals surface area contributed by atoms with Crippen molar-refractivity contribution < 1.29 is 18.8 Å². The van der Waals surface area contributed by atoms with Gasteiger partial charge in [-0.3, -0.25) is 0 Å². The van der Waals surface area contributed by atoms with Gasteiger partial charge in [0.1, 0.15) is 17.3 Å². The van der Waals surface area contributed by atoms with Gasteiger partial charge in [-0.2, -0.15) is 0 Å². The number of benzene rings is 1. The molecule has 3 rings (SSSR count). The fraction of sp³-hybridized carbons (Fsp3) is 0.550. The lowest BCUT2D eigenvalue weighted by molar-refractivity contribution is -0.0305. The number of fused-ring (bicyclic) bond motifs is 1. The highest BCUT2D eigenvalue weighted by atomic mass is 35.5. The summed E-state index contributed by atoms with van der Waals surface area (Å²) in [6.45, 7) is 8.77. The Kier molecular flexibility index (Phi) is 6.88. The van der Waals surface area contributed by atoms with Crippen LogP contribution in [0.5, 0.6) is 0 Å². The van der Waals surface area contributed by atoms with Crippen LogP contribution in [0.1, 0.15) is 57.7 Å². The molecule has 2 atom stereocenters. The molecule has 160 valence electrons. The van der Waals surface area contributed by atoms with Crippen LogP contribution in [-0.2, 0) is 27.4 Å². The first-order valence-corrected chi connectivity index (χ1v) is 11.2. The van der Waals surface area contributed by atoms with E-state index in [-0.39, 0.29) is 18.4 Å². The van der Waals surface area contributed by atoms with E-state index in [1.54, 1.807) is 11.0 Å². The van der Waals surface area contributed by atoms with Crippen molar-refractivity contribution in [3.8, 4) is 0 Å². The molecule has 2 aliphatic heterocycles. The minimum atomic E-state index is -1.29. The Labute approximate surface area is 180 Å². The molecule has 0 saturated carbocycles. The first kappa shape index (κ1) is 22.1. The summed E-state index contributed by atoms with van der Waals surface area (Å²) in [5.74, 6) is 0. The molecule has 9 heteroatoms. The van der Waals surface area contributed by atoms with Gasteiger partial charge in [0.2, 0.25) is 6.29 Å². The van der Waals surface area contributed by atoms with Crippen molar-refractivity contribution in [2.45, 2.75) is 64.2 Å². The number of amides is 2. The molecule has 1 unspecified atom stereocenters. The van der Waals surface area contributed by atoms with Crippen LogP contribution in [0, 0.1) is 0 Å². The van der Waals surface area contributed by atoms with E-state index >= 15 is 0 Å². The van der Waals surface area contributed by atoms with Crippen LogP contribution in [0.3, 0.4) is 0 Å². The smallest absolute Gasteiger partial charge is 0.322 e. The molecule has 0 fully saturated rings. The van der Waals surface area contributed by atoms with Crippen LogP contribution < -0.4 is 10.0 Å². The summed E-state index contributed by atoms with van der Waals surface area (Å²) in [5, 5.41) is 3.44. The highest BCUT2D eigenvalue weighted by Crippen LogP contribution is 2.36. The number of ether oxygens (including phenoxy) is 2. The maximum atomic E-state index is 12.9. The van der Waals surface area contributed by atoms with Gasteiger partial charge in [0.05, 0.1) is 6.04 Å². The fourth-order valence-electron chi connectivity index (χ4n) is 3.26. The molecule has 2 aliphatic rings. The first-order chi connectivity index (χ1) is 13.7. The normalized spacial score (nSPS) is 18.7. The molecule has 0 saturated heterocycles. The minimum absolute atomic E-state index is 0.144. The van der Waals surface area contributed by atoms with Crippen molar-refractivity contribution in [3.05, 3.63) is 40.8 Å². The molecule has 1 aromatic rings. The Morgan fingerprint density at radius 3 is 2.69 bits per heavy atom. The van der Waals surface area contributed by atoms with Gasteiger partial charge in [-0.05, 0) is 51.8 Å². The molecule has 2 amide bonds. The van der Waals surface area contributed by atoms with E-state index in [0.29, 0.717) is 36.6 Å². The second kappa shape index (κ2) is 9.04. The molecule has 2 heterocycles. The molecule has 29 heavy (non-hydrogen) atoms. The monoisotopic (exact) mass is 441 g/mol. The molecule has 7 nitrogen and oxygen atoms in total. The molecule has 2 N–H and O–H groups in total. The average Bonchev–Trinajstić information content (AvgIpc) is 3.16.